The zero-order chi connectivity index (χ0) is 20.4. The van der Waals surface area contributed by atoms with E-state index in [-0.39, 0.29) is 0 Å². The monoisotopic (exact) mass is 409 g/mol. The van der Waals surface area contributed by atoms with E-state index in [1.54, 1.807) is 6.20 Å². The minimum absolute atomic E-state index is 0.606. The van der Waals surface area contributed by atoms with Gasteiger partial charge in [-0.1, -0.05) is 25.3 Å². The number of hydrogen-bond acceptors (Lipinski definition) is 6. The molecule has 1 aromatic carbocycles. The lowest BCUT2D eigenvalue weighted by molar-refractivity contribution is 0.263. The molecule has 0 amide bonds. The summed E-state index contributed by atoms with van der Waals surface area (Å²) in [6.45, 7) is 5.36. The molecule has 0 atom stereocenters. The number of aromatic nitrogens is 2. The van der Waals surface area contributed by atoms with Crippen LogP contribution in [-0.2, 0) is 0 Å². The van der Waals surface area contributed by atoms with E-state index in [0.717, 1.165) is 49.3 Å². The predicted molar refractivity (Wildman–Crippen MR) is 123 cm³/mol. The van der Waals surface area contributed by atoms with Crippen LogP contribution in [0.2, 0.25) is 0 Å². The second-order valence-electron chi connectivity index (χ2n) is 8.55. The van der Waals surface area contributed by atoms with E-state index in [2.05, 4.69) is 25.5 Å². The molecule has 0 spiro atoms. The molecule has 1 aliphatic carbocycles. The van der Waals surface area contributed by atoms with Gasteiger partial charge in [-0.2, -0.15) is 4.98 Å². The summed E-state index contributed by atoms with van der Waals surface area (Å²) in [4.78, 5) is 11.5. The molecule has 4 rings (SSSR count). The third kappa shape index (κ3) is 6.59. The fourth-order valence-corrected chi connectivity index (χ4v) is 4.43. The molecule has 1 aliphatic heterocycles. The molecule has 6 nitrogen and oxygen atoms in total. The van der Waals surface area contributed by atoms with Gasteiger partial charge in [-0.25, -0.2) is 4.98 Å². The van der Waals surface area contributed by atoms with Crippen LogP contribution >= 0.6 is 0 Å². The second-order valence-corrected chi connectivity index (χ2v) is 8.55. The number of likely N-dealkylation sites (tertiary alicyclic amines) is 1. The van der Waals surface area contributed by atoms with Crippen LogP contribution in [-0.4, -0.2) is 47.7 Å². The molecule has 0 radical (unpaired) electrons. The van der Waals surface area contributed by atoms with Crippen molar-refractivity contribution < 1.29 is 4.74 Å². The zero-order valence-corrected chi connectivity index (χ0v) is 18.0. The van der Waals surface area contributed by atoms with Crippen LogP contribution in [0, 0.1) is 5.92 Å². The molecule has 2 aromatic rings. The highest BCUT2D eigenvalue weighted by Crippen LogP contribution is 2.24. The molecule has 2 heterocycles. The smallest absolute Gasteiger partial charge is 0.229 e. The Morgan fingerprint density at radius 2 is 1.90 bits per heavy atom. The van der Waals surface area contributed by atoms with Gasteiger partial charge in [-0.05, 0) is 69.3 Å². The molecule has 2 aliphatic rings. The van der Waals surface area contributed by atoms with Crippen LogP contribution < -0.4 is 15.4 Å². The normalized spacial score (nSPS) is 17.7. The highest BCUT2D eigenvalue weighted by atomic mass is 16.5. The maximum Gasteiger partial charge on any atom is 0.229 e. The molecule has 1 aromatic heterocycles. The number of ether oxygens (including phenoxy) is 1. The van der Waals surface area contributed by atoms with Gasteiger partial charge < -0.3 is 20.3 Å². The highest BCUT2D eigenvalue weighted by molar-refractivity contribution is 5.56. The van der Waals surface area contributed by atoms with E-state index in [4.69, 9.17) is 4.74 Å². The summed E-state index contributed by atoms with van der Waals surface area (Å²) < 4.78 is 5.95. The Hall–Kier alpha value is -2.34. The molecule has 2 fully saturated rings. The van der Waals surface area contributed by atoms with Crippen molar-refractivity contribution in [3.8, 4) is 5.75 Å². The molecular weight excluding hydrogens is 374 g/mol. The van der Waals surface area contributed by atoms with Gasteiger partial charge in [0.1, 0.15) is 11.6 Å². The van der Waals surface area contributed by atoms with Crippen molar-refractivity contribution >= 4 is 17.5 Å². The van der Waals surface area contributed by atoms with Crippen LogP contribution in [0.15, 0.2) is 36.5 Å². The predicted octanol–water partition coefficient (Wildman–Crippen LogP) is 5.08. The van der Waals surface area contributed by atoms with E-state index in [1.165, 1.54) is 58.0 Å². The van der Waals surface area contributed by atoms with Crippen molar-refractivity contribution in [3.05, 3.63) is 36.5 Å². The fourth-order valence-electron chi connectivity index (χ4n) is 4.43. The van der Waals surface area contributed by atoms with E-state index in [9.17, 15) is 0 Å². The molecule has 1 saturated heterocycles. The van der Waals surface area contributed by atoms with Gasteiger partial charge in [0.05, 0.1) is 6.61 Å². The van der Waals surface area contributed by atoms with Crippen LogP contribution in [0.5, 0.6) is 5.75 Å². The van der Waals surface area contributed by atoms with Gasteiger partial charge in [0.2, 0.25) is 5.95 Å². The lowest BCUT2D eigenvalue weighted by atomic mass is 9.89. The Bertz CT molecular complexity index is 772. The quantitative estimate of drug-likeness (QED) is 0.534. The molecule has 6 heteroatoms. The number of rotatable bonds is 10. The summed E-state index contributed by atoms with van der Waals surface area (Å²) in [5, 5.41) is 6.80. The van der Waals surface area contributed by atoms with Gasteiger partial charge >= 0.3 is 0 Å². The first-order chi connectivity index (χ1) is 14.8. The molecule has 0 unspecified atom stereocenters. The molecular formula is C24H35N5O. The first-order valence-electron chi connectivity index (χ1n) is 11.6. The number of anilines is 3. The van der Waals surface area contributed by atoms with Crippen LogP contribution in [0.1, 0.15) is 51.4 Å². The lowest BCUT2D eigenvalue weighted by Gasteiger charge is -2.22. The molecule has 0 bridgehead atoms. The Morgan fingerprint density at radius 3 is 2.77 bits per heavy atom. The van der Waals surface area contributed by atoms with Gasteiger partial charge in [0.25, 0.3) is 0 Å². The number of benzene rings is 1. The summed E-state index contributed by atoms with van der Waals surface area (Å²) in [6.07, 6.45) is 12.3. The van der Waals surface area contributed by atoms with Crippen molar-refractivity contribution in [2.75, 3.05) is 43.4 Å². The topological polar surface area (TPSA) is 62.3 Å². The van der Waals surface area contributed by atoms with E-state index < -0.39 is 0 Å². The summed E-state index contributed by atoms with van der Waals surface area (Å²) in [6, 6.07) is 9.98. The summed E-state index contributed by atoms with van der Waals surface area (Å²) in [7, 11) is 0. The van der Waals surface area contributed by atoms with Crippen molar-refractivity contribution in [1.82, 2.24) is 14.9 Å². The van der Waals surface area contributed by atoms with Crippen molar-refractivity contribution in [3.63, 3.8) is 0 Å². The lowest BCUT2D eigenvalue weighted by Crippen LogP contribution is -2.21. The van der Waals surface area contributed by atoms with Crippen molar-refractivity contribution in [1.29, 1.82) is 0 Å². The van der Waals surface area contributed by atoms with E-state index in [0.29, 0.717) is 5.95 Å². The zero-order valence-electron chi connectivity index (χ0n) is 18.0. The van der Waals surface area contributed by atoms with E-state index >= 15 is 0 Å². The number of nitrogens with one attached hydrogen (secondary N) is 2. The molecule has 1 saturated carbocycles. The first kappa shape index (κ1) is 20.9. The molecule has 162 valence electrons. The number of hydrogen-bond donors (Lipinski definition) is 2. The van der Waals surface area contributed by atoms with Gasteiger partial charge in [-0.15, -0.1) is 0 Å². The Labute approximate surface area is 180 Å². The Kier molecular flexibility index (Phi) is 7.78. The third-order valence-electron chi connectivity index (χ3n) is 6.13. The SMILES string of the molecule is c1cc(Nc2nccc(NCC3CCCCC3)n2)cc(OCCCN2CCCC2)c1. The summed E-state index contributed by atoms with van der Waals surface area (Å²) in [5.41, 5.74) is 0.941. The standard InChI is InChI=1S/C24H35N5O/c1-2-8-20(9-3-1)19-26-23-12-13-25-24(28-23)27-21-10-6-11-22(18-21)30-17-7-16-29-14-4-5-15-29/h6,10-13,18,20H,1-5,7-9,14-17,19H2,(H2,25,26,27,28). The van der Waals surface area contributed by atoms with Gasteiger partial charge in [-0.3, -0.25) is 0 Å². The molecule has 2 N–H and O–H groups in total. The second kappa shape index (κ2) is 11.2. The Balaban J connectivity index is 1.24. The first-order valence-corrected chi connectivity index (χ1v) is 11.6. The maximum atomic E-state index is 5.95. The van der Waals surface area contributed by atoms with Crippen molar-refractivity contribution in [2.45, 2.75) is 51.4 Å². The van der Waals surface area contributed by atoms with Gasteiger partial charge in [0, 0.05) is 31.0 Å². The van der Waals surface area contributed by atoms with Crippen LogP contribution in [0.4, 0.5) is 17.5 Å². The third-order valence-corrected chi connectivity index (χ3v) is 6.13. The summed E-state index contributed by atoms with van der Waals surface area (Å²) in [5.74, 6) is 3.14. The minimum Gasteiger partial charge on any atom is -0.493 e. The van der Waals surface area contributed by atoms with E-state index in [1.807, 2.05) is 30.3 Å². The number of nitrogens with zero attached hydrogens (tertiary/aromatic N) is 3. The Morgan fingerprint density at radius 1 is 1.03 bits per heavy atom. The summed E-state index contributed by atoms with van der Waals surface area (Å²) >= 11 is 0. The average Bonchev–Trinajstić information content (AvgIpc) is 3.30. The van der Waals surface area contributed by atoms with Gasteiger partial charge in [0.15, 0.2) is 0 Å². The highest BCUT2D eigenvalue weighted by Gasteiger charge is 2.13. The average molecular weight is 410 g/mol. The molecule has 30 heavy (non-hydrogen) atoms. The fraction of sp³-hybridized carbons (Fsp3) is 0.583. The van der Waals surface area contributed by atoms with Crippen LogP contribution in [0.3, 0.4) is 0 Å². The minimum atomic E-state index is 0.606. The largest absolute Gasteiger partial charge is 0.493 e. The van der Waals surface area contributed by atoms with Crippen molar-refractivity contribution in [2.24, 2.45) is 5.92 Å². The van der Waals surface area contributed by atoms with Crippen LogP contribution in [0.25, 0.3) is 0 Å². The maximum absolute atomic E-state index is 5.95.